The Balaban J connectivity index is 2.42. The van der Waals surface area contributed by atoms with Crippen LogP contribution in [0.15, 0.2) is 42.5 Å². The van der Waals surface area contributed by atoms with Gasteiger partial charge in [-0.3, -0.25) is 4.79 Å². The summed E-state index contributed by atoms with van der Waals surface area (Å²) in [6.45, 7) is 4.08. The second-order valence-corrected chi connectivity index (χ2v) is 6.02. The van der Waals surface area contributed by atoms with Crippen molar-refractivity contribution in [2.45, 2.75) is 19.9 Å². The van der Waals surface area contributed by atoms with E-state index in [-0.39, 0.29) is 6.61 Å². The van der Waals surface area contributed by atoms with Crippen LogP contribution in [0.4, 0.5) is 0 Å². The second kappa shape index (κ2) is 7.29. The molecule has 0 aliphatic carbocycles. The number of rotatable bonds is 6. The molecule has 0 saturated heterocycles. The monoisotopic (exact) mass is 312 g/mol. The first-order chi connectivity index (χ1) is 10.9. The molecule has 0 spiro atoms. The molecular weight excluding hydrogens is 288 g/mol. The number of ether oxygens (including phenoxy) is 1. The molecule has 0 aliphatic heterocycles. The molecule has 2 aromatic rings. The largest absolute Gasteiger partial charge is 0.483 e. The van der Waals surface area contributed by atoms with Crippen LogP contribution in [0.1, 0.15) is 24.1 Å². The quantitative estimate of drug-likeness (QED) is 0.891. The summed E-state index contributed by atoms with van der Waals surface area (Å²) < 4.78 is 5.57. The van der Waals surface area contributed by atoms with Crippen LogP contribution in [-0.4, -0.2) is 31.5 Å². The fourth-order valence-electron chi connectivity index (χ4n) is 2.41. The van der Waals surface area contributed by atoms with Crippen molar-refractivity contribution in [2.24, 2.45) is 5.73 Å². The molecule has 0 saturated carbocycles. The Morgan fingerprint density at radius 2 is 1.96 bits per heavy atom. The maximum atomic E-state index is 11.0. The summed E-state index contributed by atoms with van der Waals surface area (Å²) in [5.74, 6) is 0.190. The van der Waals surface area contributed by atoms with Crippen molar-refractivity contribution < 1.29 is 9.53 Å². The van der Waals surface area contributed by atoms with E-state index in [0.717, 1.165) is 16.7 Å². The highest BCUT2D eigenvalue weighted by molar-refractivity contribution is 5.76. The van der Waals surface area contributed by atoms with Gasteiger partial charge in [0.05, 0.1) is 0 Å². The smallest absolute Gasteiger partial charge is 0.255 e. The number of benzene rings is 2. The highest BCUT2D eigenvalue weighted by Gasteiger charge is 2.12. The molecule has 1 atom stereocenters. The van der Waals surface area contributed by atoms with Gasteiger partial charge < -0.3 is 15.4 Å². The number of amides is 1. The Kier molecular flexibility index (Phi) is 5.40. The molecule has 122 valence electrons. The number of aryl methyl sites for hydroxylation is 1. The van der Waals surface area contributed by atoms with Crippen molar-refractivity contribution in [3.05, 3.63) is 53.6 Å². The fourth-order valence-corrected chi connectivity index (χ4v) is 2.41. The number of hydrogen-bond acceptors (Lipinski definition) is 3. The van der Waals surface area contributed by atoms with Crippen LogP contribution in [0.5, 0.6) is 5.75 Å². The third-order valence-corrected chi connectivity index (χ3v) is 3.96. The van der Waals surface area contributed by atoms with Gasteiger partial charge >= 0.3 is 0 Å². The van der Waals surface area contributed by atoms with E-state index in [1.54, 1.807) is 0 Å². The number of primary amides is 1. The summed E-state index contributed by atoms with van der Waals surface area (Å²) in [4.78, 5) is 13.2. The average molecular weight is 312 g/mol. The van der Waals surface area contributed by atoms with E-state index in [4.69, 9.17) is 10.5 Å². The molecule has 0 aromatic heterocycles. The van der Waals surface area contributed by atoms with Gasteiger partial charge in [-0.2, -0.15) is 0 Å². The number of hydrogen-bond donors (Lipinski definition) is 1. The number of carbonyl (C=O) groups is 1. The van der Waals surface area contributed by atoms with Gasteiger partial charge in [0.15, 0.2) is 6.61 Å². The predicted molar refractivity (Wildman–Crippen MR) is 93.4 cm³/mol. The molecule has 4 nitrogen and oxygen atoms in total. The standard InChI is InChI=1S/C19H24N2O2/c1-13-8-9-18(23-12-19(20)22)17(10-13)16-7-5-6-15(11-16)14(2)21(3)4/h5-11,14H,12H2,1-4H3,(H2,20,22). The Morgan fingerprint density at radius 3 is 2.61 bits per heavy atom. The first kappa shape index (κ1) is 17.0. The van der Waals surface area contributed by atoms with Gasteiger partial charge in [-0.1, -0.05) is 29.8 Å². The summed E-state index contributed by atoms with van der Waals surface area (Å²) >= 11 is 0. The summed E-state index contributed by atoms with van der Waals surface area (Å²) in [5.41, 5.74) is 9.59. The van der Waals surface area contributed by atoms with Crippen molar-refractivity contribution in [2.75, 3.05) is 20.7 Å². The molecule has 4 heteroatoms. The molecule has 0 radical (unpaired) electrons. The van der Waals surface area contributed by atoms with Crippen LogP contribution >= 0.6 is 0 Å². The Hall–Kier alpha value is -2.33. The summed E-state index contributed by atoms with van der Waals surface area (Å²) in [6.07, 6.45) is 0. The van der Waals surface area contributed by atoms with E-state index in [0.29, 0.717) is 11.8 Å². The van der Waals surface area contributed by atoms with Crippen LogP contribution in [0.2, 0.25) is 0 Å². The van der Waals surface area contributed by atoms with E-state index >= 15 is 0 Å². The summed E-state index contributed by atoms with van der Waals surface area (Å²) in [7, 11) is 4.12. The minimum atomic E-state index is -0.480. The van der Waals surface area contributed by atoms with Gasteiger partial charge in [-0.25, -0.2) is 0 Å². The van der Waals surface area contributed by atoms with Crippen molar-refractivity contribution in [3.8, 4) is 16.9 Å². The molecule has 2 N–H and O–H groups in total. The van der Waals surface area contributed by atoms with Crippen molar-refractivity contribution in [1.82, 2.24) is 4.90 Å². The number of nitrogens with zero attached hydrogens (tertiary/aromatic N) is 1. The molecule has 0 fully saturated rings. The maximum Gasteiger partial charge on any atom is 0.255 e. The van der Waals surface area contributed by atoms with Crippen LogP contribution < -0.4 is 10.5 Å². The minimum Gasteiger partial charge on any atom is -0.483 e. The van der Waals surface area contributed by atoms with E-state index < -0.39 is 5.91 Å². The van der Waals surface area contributed by atoms with Crippen LogP contribution in [0.3, 0.4) is 0 Å². The van der Waals surface area contributed by atoms with Crippen molar-refractivity contribution >= 4 is 5.91 Å². The zero-order valence-electron chi connectivity index (χ0n) is 14.2. The lowest BCUT2D eigenvalue weighted by Crippen LogP contribution is -2.20. The minimum absolute atomic E-state index is 0.121. The van der Waals surface area contributed by atoms with E-state index in [9.17, 15) is 4.79 Å². The molecule has 2 aromatic carbocycles. The predicted octanol–water partition coefficient (Wildman–Crippen LogP) is 3.15. The van der Waals surface area contributed by atoms with Crippen molar-refractivity contribution in [3.63, 3.8) is 0 Å². The number of carbonyl (C=O) groups excluding carboxylic acids is 1. The molecule has 0 heterocycles. The Morgan fingerprint density at radius 1 is 1.22 bits per heavy atom. The molecule has 0 bridgehead atoms. The van der Waals surface area contributed by atoms with E-state index in [1.807, 2.05) is 25.1 Å². The topological polar surface area (TPSA) is 55.6 Å². The summed E-state index contributed by atoms with van der Waals surface area (Å²) in [6, 6.07) is 14.6. The van der Waals surface area contributed by atoms with Gasteiger partial charge in [0.2, 0.25) is 0 Å². The lowest BCUT2D eigenvalue weighted by Gasteiger charge is -2.21. The lowest BCUT2D eigenvalue weighted by atomic mass is 9.98. The highest BCUT2D eigenvalue weighted by atomic mass is 16.5. The van der Waals surface area contributed by atoms with E-state index in [2.05, 4.69) is 50.2 Å². The van der Waals surface area contributed by atoms with Gasteiger partial charge in [0.1, 0.15) is 5.75 Å². The lowest BCUT2D eigenvalue weighted by molar-refractivity contribution is -0.119. The van der Waals surface area contributed by atoms with Gasteiger partial charge in [0, 0.05) is 11.6 Å². The third kappa shape index (κ3) is 4.33. The van der Waals surface area contributed by atoms with Crippen LogP contribution in [-0.2, 0) is 4.79 Å². The first-order valence-corrected chi connectivity index (χ1v) is 7.67. The van der Waals surface area contributed by atoms with Gasteiger partial charge in [-0.05, 0) is 57.3 Å². The molecule has 0 aliphatic rings. The SMILES string of the molecule is Cc1ccc(OCC(N)=O)c(-c2cccc(C(C)N(C)C)c2)c1. The van der Waals surface area contributed by atoms with Gasteiger partial charge in [0.25, 0.3) is 5.91 Å². The Labute approximate surface area is 137 Å². The van der Waals surface area contributed by atoms with Crippen LogP contribution in [0.25, 0.3) is 11.1 Å². The molecule has 2 rings (SSSR count). The van der Waals surface area contributed by atoms with E-state index in [1.165, 1.54) is 5.56 Å². The van der Waals surface area contributed by atoms with Gasteiger partial charge in [-0.15, -0.1) is 0 Å². The highest BCUT2D eigenvalue weighted by Crippen LogP contribution is 2.33. The maximum absolute atomic E-state index is 11.0. The molecule has 23 heavy (non-hydrogen) atoms. The average Bonchev–Trinajstić information content (AvgIpc) is 2.52. The van der Waals surface area contributed by atoms with Crippen molar-refractivity contribution in [1.29, 1.82) is 0 Å². The number of nitrogens with two attached hydrogens (primary N) is 1. The third-order valence-electron chi connectivity index (χ3n) is 3.96. The zero-order valence-corrected chi connectivity index (χ0v) is 14.2. The zero-order chi connectivity index (χ0) is 17.0. The summed E-state index contributed by atoms with van der Waals surface area (Å²) in [5, 5.41) is 0. The molecule has 1 amide bonds. The second-order valence-electron chi connectivity index (χ2n) is 6.02. The molecular formula is C19H24N2O2. The van der Waals surface area contributed by atoms with Crippen LogP contribution in [0, 0.1) is 6.92 Å². The molecule has 1 unspecified atom stereocenters. The Bertz CT molecular complexity index is 696. The fraction of sp³-hybridized carbons (Fsp3) is 0.316. The normalized spacial score (nSPS) is 12.2. The first-order valence-electron chi connectivity index (χ1n) is 7.67.